The van der Waals surface area contributed by atoms with Crippen molar-refractivity contribution in [1.29, 1.82) is 0 Å². The molecule has 0 N–H and O–H groups in total. The Balaban J connectivity index is 2.63. The number of hydrogen-bond acceptors (Lipinski definition) is 1. The number of aliphatic imine (C=N–C) groups is 1. The fraction of sp³-hybridized carbons (Fsp3) is 0.615. The molecule has 0 saturated heterocycles. The highest BCUT2D eigenvalue weighted by Crippen LogP contribution is 2.40. The molecule has 1 saturated carbocycles. The molecule has 1 rings (SSSR count). The quantitative estimate of drug-likeness (QED) is 0.512. The van der Waals surface area contributed by atoms with Crippen molar-refractivity contribution in [2.75, 3.05) is 0 Å². The highest BCUT2D eigenvalue weighted by molar-refractivity contribution is 5.85. The van der Waals surface area contributed by atoms with Gasteiger partial charge in [-0.25, -0.2) is 0 Å². The van der Waals surface area contributed by atoms with Gasteiger partial charge in [0.2, 0.25) is 0 Å². The summed E-state index contributed by atoms with van der Waals surface area (Å²) >= 11 is 0. The minimum atomic E-state index is -4.06. The Morgan fingerprint density at radius 3 is 2.65 bits per heavy atom. The molecule has 0 bridgehead atoms. The second kappa shape index (κ2) is 6.03. The third-order valence-corrected chi connectivity index (χ3v) is 3.23. The van der Waals surface area contributed by atoms with Crippen LogP contribution >= 0.6 is 0 Å². The van der Waals surface area contributed by atoms with Gasteiger partial charge < -0.3 is 0 Å². The summed E-state index contributed by atoms with van der Waals surface area (Å²) < 4.78 is 37.9. The van der Waals surface area contributed by atoms with Crippen molar-refractivity contribution in [2.45, 2.75) is 38.8 Å². The van der Waals surface area contributed by atoms with Crippen LogP contribution < -0.4 is 0 Å². The summed E-state index contributed by atoms with van der Waals surface area (Å²) in [5.74, 6) is -1.19. The zero-order chi connectivity index (χ0) is 12.9. The first-order valence-electron chi connectivity index (χ1n) is 5.83. The zero-order valence-corrected chi connectivity index (χ0v) is 10.0. The average molecular weight is 245 g/mol. The first kappa shape index (κ1) is 14.0. The summed E-state index contributed by atoms with van der Waals surface area (Å²) in [7, 11) is 0. The second-order valence-electron chi connectivity index (χ2n) is 4.45. The molecule has 0 radical (unpaired) electrons. The van der Waals surface area contributed by atoms with E-state index in [1.807, 2.05) is 0 Å². The summed E-state index contributed by atoms with van der Waals surface area (Å²) in [4.78, 5) is 4.15. The van der Waals surface area contributed by atoms with Crippen LogP contribution in [0.15, 0.2) is 29.9 Å². The molecule has 4 heteroatoms. The third kappa shape index (κ3) is 4.36. The van der Waals surface area contributed by atoms with Gasteiger partial charge in [-0.3, -0.25) is 4.99 Å². The fourth-order valence-electron chi connectivity index (χ4n) is 2.19. The van der Waals surface area contributed by atoms with E-state index in [9.17, 15) is 13.2 Å². The van der Waals surface area contributed by atoms with E-state index >= 15 is 0 Å². The van der Waals surface area contributed by atoms with Gasteiger partial charge >= 0.3 is 6.18 Å². The lowest BCUT2D eigenvalue weighted by atomic mass is 9.79. The van der Waals surface area contributed by atoms with Crippen LogP contribution in [0.5, 0.6) is 0 Å². The maximum absolute atomic E-state index is 12.6. The lowest BCUT2D eigenvalue weighted by molar-refractivity contribution is -0.183. The molecule has 0 aromatic heterocycles. The standard InChI is InChI=1S/C13H18F3N/c1-3-4-8-17-10(2)11-6-5-7-12(9-11)13(14,15)16/h3-4,8,11-12H,1,5-7,9H2,2H3/b8-4-,17-10+. The molecule has 0 spiro atoms. The van der Waals surface area contributed by atoms with Crippen LogP contribution in [0, 0.1) is 11.8 Å². The number of hydrogen-bond donors (Lipinski definition) is 0. The Kier molecular flexibility index (Phi) is 4.97. The van der Waals surface area contributed by atoms with Crippen LogP contribution in [-0.2, 0) is 0 Å². The van der Waals surface area contributed by atoms with Crippen molar-refractivity contribution in [1.82, 2.24) is 0 Å². The molecule has 96 valence electrons. The number of halogens is 3. The normalized spacial score (nSPS) is 27.4. The van der Waals surface area contributed by atoms with E-state index in [0.29, 0.717) is 6.42 Å². The Morgan fingerprint density at radius 2 is 2.06 bits per heavy atom. The molecule has 1 aliphatic rings. The maximum Gasteiger partial charge on any atom is 0.391 e. The largest absolute Gasteiger partial charge is 0.391 e. The molecule has 1 nitrogen and oxygen atoms in total. The number of nitrogens with zero attached hydrogens (tertiary/aromatic N) is 1. The Morgan fingerprint density at radius 1 is 1.35 bits per heavy atom. The van der Waals surface area contributed by atoms with Crippen LogP contribution in [0.2, 0.25) is 0 Å². The molecule has 1 fully saturated rings. The zero-order valence-electron chi connectivity index (χ0n) is 10.0. The molecular formula is C13H18F3N. The Labute approximate surface area is 100 Å². The minimum absolute atomic E-state index is 0.0372. The van der Waals surface area contributed by atoms with Gasteiger partial charge in [0, 0.05) is 11.9 Å². The Hall–Kier alpha value is -1.06. The molecule has 2 unspecified atom stereocenters. The van der Waals surface area contributed by atoms with E-state index < -0.39 is 12.1 Å². The molecule has 0 aliphatic heterocycles. The molecule has 0 aromatic rings. The average Bonchev–Trinajstić information content (AvgIpc) is 2.28. The highest BCUT2D eigenvalue weighted by Gasteiger charge is 2.42. The summed E-state index contributed by atoms with van der Waals surface area (Å²) in [5, 5.41) is 0. The lowest BCUT2D eigenvalue weighted by Crippen LogP contribution is -2.31. The van der Waals surface area contributed by atoms with E-state index in [4.69, 9.17) is 0 Å². The number of allylic oxidation sites excluding steroid dienone is 2. The lowest BCUT2D eigenvalue weighted by Gasteiger charge is -2.30. The van der Waals surface area contributed by atoms with Crippen molar-refractivity contribution < 1.29 is 13.2 Å². The topological polar surface area (TPSA) is 12.4 Å². The first-order chi connectivity index (χ1) is 7.95. The van der Waals surface area contributed by atoms with E-state index in [0.717, 1.165) is 12.1 Å². The van der Waals surface area contributed by atoms with Gasteiger partial charge in [-0.1, -0.05) is 19.1 Å². The first-order valence-corrected chi connectivity index (χ1v) is 5.83. The van der Waals surface area contributed by atoms with Gasteiger partial charge in [0.05, 0.1) is 5.92 Å². The predicted octanol–water partition coefficient (Wildman–Crippen LogP) is 4.52. The number of alkyl halides is 3. The highest BCUT2D eigenvalue weighted by atomic mass is 19.4. The molecular weight excluding hydrogens is 227 g/mol. The van der Waals surface area contributed by atoms with Gasteiger partial charge in [0.15, 0.2) is 0 Å². The maximum atomic E-state index is 12.6. The van der Waals surface area contributed by atoms with Crippen LogP contribution in [0.4, 0.5) is 13.2 Å². The summed E-state index contributed by atoms with van der Waals surface area (Å²) in [6.45, 7) is 5.31. The molecule has 1 aliphatic carbocycles. The molecule has 2 atom stereocenters. The van der Waals surface area contributed by atoms with Crippen LogP contribution in [0.1, 0.15) is 32.6 Å². The van der Waals surface area contributed by atoms with Gasteiger partial charge in [0.25, 0.3) is 0 Å². The van der Waals surface area contributed by atoms with Crippen LogP contribution in [0.3, 0.4) is 0 Å². The molecule has 17 heavy (non-hydrogen) atoms. The van der Waals surface area contributed by atoms with E-state index in [1.54, 1.807) is 25.3 Å². The van der Waals surface area contributed by atoms with Gasteiger partial charge in [-0.15, -0.1) is 0 Å². The van der Waals surface area contributed by atoms with Crippen LogP contribution in [0.25, 0.3) is 0 Å². The van der Waals surface area contributed by atoms with E-state index in [2.05, 4.69) is 11.6 Å². The van der Waals surface area contributed by atoms with Crippen LogP contribution in [-0.4, -0.2) is 11.9 Å². The summed E-state index contributed by atoms with van der Waals surface area (Å²) in [6, 6.07) is 0. The van der Waals surface area contributed by atoms with E-state index in [1.165, 1.54) is 0 Å². The van der Waals surface area contributed by atoms with Crippen molar-refractivity contribution in [2.24, 2.45) is 16.8 Å². The van der Waals surface area contributed by atoms with Gasteiger partial charge in [0.1, 0.15) is 0 Å². The molecule has 0 amide bonds. The van der Waals surface area contributed by atoms with Gasteiger partial charge in [-0.05, 0) is 38.2 Å². The van der Waals surface area contributed by atoms with Crippen molar-refractivity contribution in [3.63, 3.8) is 0 Å². The third-order valence-electron chi connectivity index (χ3n) is 3.23. The Bertz CT molecular complexity index is 315. The van der Waals surface area contributed by atoms with E-state index in [-0.39, 0.29) is 18.8 Å². The van der Waals surface area contributed by atoms with Crippen molar-refractivity contribution >= 4 is 5.71 Å². The predicted molar refractivity (Wildman–Crippen MR) is 63.9 cm³/mol. The SMILES string of the molecule is C=C/C=C\N=C(/C)C1CCCC(C(F)(F)F)C1. The monoisotopic (exact) mass is 245 g/mol. The number of rotatable bonds is 3. The summed E-state index contributed by atoms with van der Waals surface area (Å²) in [5.41, 5.74) is 0.789. The summed E-state index contributed by atoms with van der Waals surface area (Å²) in [6.07, 6.45) is 2.67. The van der Waals surface area contributed by atoms with Crippen molar-refractivity contribution in [3.8, 4) is 0 Å². The molecule has 0 heterocycles. The smallest absolute Gasteiger partial charge is 0.266 e. The molecule has 0 aromatic carbocycles. The van der Waals surface area contributed by atoms with Crippen molar-refractivity contribution in [3.05, 3.63) is 24.9 Å². The second-order valence-corrected chi connectivity index (χ2v) is 4.45. The minimum Gasteiger partial charge on any atom is -0.266 e. The van der Waals surface area contributed by atoms with Gasteiger partial charge in [-0.2, -0.15) is 13.2 Å². The fourth-order valence-corrected chi connectivity index (χ4v) is 2.19.